The molecule has 0 aliphatic carbocycles. The van der Waals surface area contributed by atoms with Crippen LogP contribution in [-0.2, 0) is 21.2 Å². The van der Waals surface area contributed by atoms with E-state index in [1.807, 2.05) is 24.4 Å². The van der Waals surface area contributed by atoms with E-state index in [9.17, 15) is 23.3 Å². The fraction of sp³-hybridized carbons (Fsp3) is 0.318. The van der Waals surface area contributed by atoms with E-state index in [1.165, 1.54) is 33.5 Å². The first-order valence-corrected chi connectivity index (χ1v) is 11.9. The number of piperazine rings is 1. The molecule has 1 aliphatic heterocycles. The van der Waals surface area contributed by atoms with Crippen molar-refractivity contribution in [3.05, 3.63) is 70.4 Å². The van der Waals surface area contributed by atoms with E-state index in [4.69, 9.17) is 0 Å². The number of nitrogens with one attached hydrogen (secondary N) is 1. The Hall–Kier alpha value is -3.24. The second-order valence-electron chi connectivity index (χ2n) is 7.75. The topological polar surface area (TPSA) is 117 Å². The van der Waals surface area contributed by atoms with Crippen LogP contribution in [0, 0.1) is 10.1 Å². The van der Waals surface area contributed by atoms with Gasteiger partial charge in [-0.1, -0.05) is 24.3 Å². The smallest absolute Gasteiger partial charge is 0.270 e. The van der Waals surface area contributed by atoms with E-state index in [2.05, 4.69) is 11.1 Å². The average molecular weight is 457 g/mol. The van der Waals surface area contributed by atoms with Crippen LogP contribution in [0.5, 0.6) is 0 Å². The third-order valence-electron chi connectivity index (χ3n) is 5.77. The molecule has 32 heavy (non-hydrogen) atoms. The van der Waals surface area contributed by atoms with Crippen LogP contribution in [0.15, 0.2) is 59.6 Å². The number of rotatable bonds is 7. The van der Waals surface area contributed by atoms with Crippen LogP contribution in [0.1, 0.15) is 18.4 Å². The third-order valence-corrected chi connectivity index (χ3v) is 7.66. The van der Waals surface area contributed by atoms with Crippen molar-refractivity contribution in [3.63, 3.8) is 0 Å². The molecule has 2 heterocycles. The number of carbonyl (C=O) groups is 1. The van der Waals surface area contributed by atoms with Gasteiger partial charge in [0.2, 0.25) is 15.9 Å². The summed E-state index contributed by atoms with van der Waals surface area (Å²) in [6, 6.07) is 13.1. The van der Waals surface area contributed by atoms with Crippen LogP contribution in [0.25, 0.3) is 10.9 Å². The summed E-state index contributed by atoms with van der Waals surface area (Å²) in [5.41, 5.74) is 1.99. The zero-order chi connectivity index (χ0) is 22.7. The number of benzene rings is 2. The second kappa shape index (κ2) is 9.09. The quantitative estimate of drug-likeness (QED) is 0.433. The average Bonchev–Trinajstić information content (AvgIpc) is 3.22. The Labute approximate surface area is 185 Å². The highest BCUT2D eigenvalue weighted by molar-refractivity contribution is 7.89. The van der Waals surface area contributed by atoms with Crippen LogP contribution in [0.3, 0.4) is 0 Å². The van der Waals surface area contributed by atoms with Gasteiger partial charge in [-0.3, -0.25) is 14.9 Å². The van der Waals surface area contributed by atoms with E-state index in [0.717, 1.165) is 18.0 Å². The van der Waals surface area contributed by atoms with Crippen molar-refractivity contribution in [3.8, 4) is 0 Å². The Balaban J connectivity index is 1.30. The number of fused-ring (bicyclic) bond motifs is 1. The summed E-state index contributed by atoms with van der Waals surface area (Å²) >= 11 is 0. The van der Waals surface area contributed by atoms with Crippen LogP contribution in [-0.4, -0.2) is 59.6 Å². The number of non-ortho nitro benzene ring substituents is 1. The number of nitro groups is 1. The van der Waals surface area contributed by atoms with Gasteiger partial charge in [0.05, 0.1) is 9.82 Å². The maximum absolute atomic E-state index is 12.8. The Morgan fingerprint density at radius 1 is 1.06 bits per heavy atom. The van der Waals surface area contributed by atoms with E-state index in [-0.39, 0.29) is 29.6 Å². The number of aromatic nitrogens is 1. The maximum Gasteiger partial charge on any atom is 0.270 e. The minimum Gasteiger partial charge on any atom is -0.361 e. The lowest BCUT2D eigenvalue weighted by Gasteiger charge is -2.34. The lowest BCUT2D eigenvalue weighted by molar-refractivity contribution is -0.385. The minimum atomic E-state index is -3.85. The molecule has 0 atom stereocenters. The Morgan fingerprint density at radius 2 is 1.81 bits per heavy atom. The van der Waals surface area contributed by atoms with Crippen molar-refractivity contribution in [2.24, 2.45) is 0 Å². The largest absolute Gasteiger partial charge is 0.361 e. The van der Waals surface area contributed by atoms with E-state index in [1.54, 1.807) is 4.90 Å². The van der Waals surface area contributed by atoms with Gasteiger partial charge in [-0.15, -0.1) is 0 Å². The molecule has 0 unspecified atom stereocenters. The molecule has 2 aromatic carbocycles. The highest BCUT2D eigenvalue weighted by Gasteiger charge is 2.30. The second-order valence-corrected chi connectivity index (χ2v) is 9.69. The van der Waals surface area contributed by atoms with Crippen molar-refractivity contribution in [1.82, 2.24) is 14.2 Å². The highest BCUT2D eigenvalue weighted by Crippen LogP contribution is 2.23. The van der Waals surface area contributed by atoms with Crippen LogP contribution in [0.4, 0.5) is 5.69 Å². The molecule has 0 spiro atoms. The van der Waals surface area contributed by atoms with Crippen molar-refractivity contribution in [2.75, 3.05) is 26.2 Å². The molecule has 1 saturated heterocycles. The fourth-order valence-electron chi connectivity index (χ4n) is 4.01. The van der Waals surface area contributed by atoms with Gasteiger partial charge in [-0.05, 0) is 30.5 Å². The number of hydrogen-bond donors (Lipinski definition) is 1. The normalized spacial score (nSPS) is 15.2. The Bertz CT molecular complexity index is 1250. The van der Waals surface area contributed by atoms with Crippen molar-refractivity contribution in [2.45, 2.75) is 24.2 Å². The zero-order valence-electron chi connectivity index (χ0n) is 17.4. The van der Waals surface area contributed by atoms with Gasteiger partial charge >= 0.3 is 0 Å². The number of nitrogens with zero attached hydrogens (tertiary/aromatic N) is 3. The number of sulfonamides is 1. The first-order chi connectivity index (χ1) is 15.4. The van der Waals surface area contributed by atoms with E-state index >= 15 is 0 Å². The van der Waals surface area contributed by atoms with E-state index < -0.39 is 14.9 Å². The SMILES string of the molecule is O=C(CCCc1c[nH]c2ccccc12)N1CCN(S(=O)(=O)c2cccc([N+](=O)[O-])c2)CC1. The van der Waals surface area contributed by atoms with Gasteiger partial charge in [-0.2, -0.15) is 4.31 Å². The van der Waals surface area contributed by atoms with Crippen molar-refractivity contribution < 1.29 is 18.1 Å². The number of para-hydroxylation sites is 1. The highest BCUT2D eigenvalue weighted by atomic mass is 32.2. The van der Waals surface area contributed by atoms with Gasteiger partial charge in [0.15, 0.2) is 0 Å². The molecule has 0 bridgehead atoms. The summed E-state index contributed by atoms with van der Waals surface area (Å²) in [5.74, 6) is 0.0113. The molecule has 0 saturated carbocycles. The molecular weight excluding hydrogens is 432 g/mol. The molecule has 1 aliphatic rings. The Kier molecular flexibility index (Phi) is 6.24. The monoisotopic (exact) mass is 456 g/mol. The lowest BCUT2D eigenvalue weighted by atomic mass is 10.1. The van der Waals surface area contributed by atoms with Crippen molar-refractivity contribution in [1.29, 1.82) is 0 Å². The number of aryl methyl sites for hydroxylation is 1. The number of carbonyl (C=O) groups excluding carboxylic acids is 1. The number of aromatic amines is 1. The molecule has 4 rings (SSSR count). The Morgan fingerprint density at radius 3 is 2.56 bits per heavy atom. The number of nitro benzene ring substituents is 1. The van der Waals surface area contributed by atoms with Crippen LogP contribution >= 0.6 is 0 Å². The molecule has 1 fully saturated rings. The van der Waals surface area contributed by atoms with E-state index in [0.29, 0.717) is 25.9 Å². The summed E-state index contributed by atoms with van der Waals surface area (Å²) in [7, 11) is -3.85. The third kappa shape index (κ3) is 4.51. The predicted octanol–water partition coefficient (Wildman–Crippen LogP) is 2.93. The molecule has 168 valence electrons. The number of amides is 1. The first kappa shape index (κ1) is 22.0. The standard InChI is InChI=1S/C22H24N4O5S/c27-22(10-3-5-17-16-23-21-9-2-1-8-20(17)21)24-11-13-25(14-12-24)32(30,31)19-7-4-6-18(15-19)26(28)29/h1-2,4,6-9,15-16,23H,3,5,10-14H2. The summed E-state index contributed by atoms with van der Waals surface area (Å²) in [5, 5.41) is 12.1. The maximum atomic E-state index is 12.8. The van der Waals surface area contributed by atoms with Gasteiger partial charge in [0, 0.05) is 61.8 Å². The molecule has 3 aromatic rings. The minimum absolute atomic E-state index is 0.0113. The van der Waals surface area contributed by atoms with Gasteiger partial charge in [-0.25, -0.2) is 8.42 Å². The van der Waals surface area contributed by atoms with Gasteiger partial charge in [0.25, 0.3) is 5.69 Å². The predicted molar refractivity (Wildman–Crippen MR) is 120 cm³/mol. The molecule has 0 radical (unpaired) electrons. The summed E-state index contributed by atoms with van der Waals surface area (Å²) < 4.78 is 27.0. The zero-order valence-corrected chi connectivity index (χ0v) is 18.3. The van der Waals surface area contributed by atoms with Gasteiger partial charge in [0.1, 0.15) is 0 Å². The van der Waals surface area contributed by atoms with Gasteiger partial charge < -0.3 is 9.88 Å². The number of hydrogen-bond acceptors (Lipinski definition) is 5. The van der Waals surface area contributed by atoms with Crippen molar-refractivity contribution >= 4 is 32.5 Å². The molecular formula is C22H24N4O5S. The number of H-pyrrole nitrogens is 1. The van der Waals surface area contributed by atoms with Crippen LogP contribution in [0.2, 0.25) is 0 Å². The molecule has 1 amide bonds. The molecule has 1 N–H and O–H groups in total. The lowest BCUT2D eigenvalue weighted by Crippen LogP contribution is -2.50. The first-order valence-electron chi connectivity index (χ1n) is 10.4. The fourth-order valence-corrected chi connectivity index (χ4v) is 5.47. The van der Waals surface area contributed by atoms with Crippen LogP contribution < -0.4 is 0 Å². The molecule has 9 nitrogen and oxygen atoms in total. The summed E-state index contributed by atoms with van der Waals surface area (Å²) in [6.45, 7) is 0.943. The molecule has 1 aromatic heterocycles. The molecule has 10 heteroatoms. The summed E-state index contributed by atoms with van der Waals surface area (Å²) in [4.78, 5) is 27.8. The summed E-state index contributed by atoms with van der Waals surface area (Å²) in [6.07, 6.45) is 3.88.